The Labute approximate surface area is 46.8 Å². The number of thiocarbonyl (C=S) groups is 1. The molecule has 0 amide bonds. The van der Waals surface area contributed by atoms with Gasteiger partial charge in [-0.05, 0) is 12.2 Å². The lowest BCUT2D eigenvalue weighted by Gasteiger charge is -2.07. The van der Waals surface area contributed by atoms with Crippen LogP contribution in [0.1, 0.15) is 0 Å². The molecule has 3 nitrogen and oxygen atoms in total. The van der Waals surface area contributed by atoms with Crippen molar-refractivity contribution in [3.05, 3.63) is 0 Å². The first-order chi connectivity index (χ1) is 3.39. The van der Waals surface area contributed by atoms with Gasteiger partial charge < -0.3 is 5.32 Å². The summed E-state index contributed by atoms with van der Waals surface area (Å²) in [6.07, 6.45) is 1.72. The lowest BCUT2D eigenvalue weighted by atomic mass is 10.7. The molecule has 1 heterocycles. The van der Waals surface area contributed by atoms with E-state index in [0.717, 1.165) is 6.54 Å². The highest BCUT2D eigenvalue weighted by atomic mass is 32.1. The standard InChI is InChI=1S/C3H5N3S/c7-3-4-1-2-5-6-3/h2H,1H2,(H2,4,6,7). The van der Waals surface area contributed by atoms with Gasteiger partial charge in [0.05, 0.1) is 6.54 Å². The Kier molecular flexibility index (Phi) is 1.21. The number of rotatable bonds is 0. The zero-order chi connectivity index (χ0) is 5.11. The third kappa shape index (κ3) is 1.12. The van der Waals surface area contributed by atoms with E-state index in [1.54, 1.807) is 6.21 Å². The highest BCUT2D eigenvalue weighted by molar-refractivity contribution is 7.80. The fourth-order valence-electron chi connectivity index (χ4n) is 0.328. The smallest absolute Gasteiger partial charge is 0.187 e. The summed E-state index contributed by atoms with van der Waals surface area (Å²) in [6.45, 7) is 0.742. The SMILES string of the molecule is S=C1NCC=NN1. The number of hydrazone groups is 1. The Morgan fingerprint density at radius 3 is 3.00 bits per heavy atom. The Hall–Kier alpha value is -0.640. The molecule has 0 saturated carbocycles. The second kappa shape index (κ2) is 1.88. The van der Waals surface area contributed by atoms with E-state index >= 15 is 0 Å². The van der Waals surface area contributed by atoms with Crippen molar-refractivity contribution in [3.63, 3.8) is 0 Å². The van der Waals surface area contributed by atoms with E-state index in [0.29, 0.717) is 5.11 Å². The van der Waals surface area contributed by atoms with Gasteiger partial charge in [-0.1, -0.05) is 0 Å². The quantitative estimate of drug-likeness (QED) is 0.416. The van der Waals surface area contributed by atoms with Crippen molar-refractivity contribution in [2.24, 2.45) is 5.10 Å². The molecule has 4 heteroatoms. The molecule has 0 aromatic carbocycles. The number of hydrogen-bond donors (Lipinski definition) is 2. The van der Waals surface area contributed by atoms with Crippen molar-refractivity contribution >= 4 is 23.5 Å². The van der Waals surface area contributed by atoms with E-state index in [9.17, 15) is 0 Å². The van der Waals surface area contributed by atoms with Crippen molar-refractivity contribution in [2.45, 2.75) is 0 Å². The maximum Gasteiger partial charge on any atom is 0.187 e. The predicted molar refractivity (Wildman–Crippen MR) is 32.2 cm³/mol. The number of nitrogens with one attached hydrogen (secondary N) is 2. The minimum absolute atomic E-state index is 0.600. The molecule has 0 saturated heterocycles. The highest BCUT2D eigenvalue weighted by Gasteiger charge is 1.92. The molecule has 7 heavy (non-hydrogen) atoms. The largest absolute Gasteiger partial charge is 0.356 e. The summed E-state index contributed by atoms with van der Waals surface area (Å²) in [5.74, 6) is 0. The number of hydrogen-bond acceptors (Lipinski definition) is 2. The monoisotopic (exact) mass is 115 g/mol. The first-order valence-corrected chi connectivity index (χ1v) is 2.36. The molecule has 0 atom stereocenters. The molecule has 2 N–H and O–H groups in total. The van der Waals surface area contributed by atoms with Gasteiger partial charge >= 0.3 is 0 Å². The minimum Gasteiger partial charge on any atom is -0.356 e. The van der Waals surface area contributed by atoms with E-state index in [2.05, 4.69) is 28.1 Å². The lowest BCUT2D eigenvalue weighted by Crippen LogP contribution is -2.37. The van der Waals surface area contributed by atoms with Crippen LogP contribution in [0.2, 0.25) is 0 Å². The first-order valence-electron chi connectivity index (χ1n) is 1.95. The molecule has 0 fully saturated rings. The molecule has 0 spiro atoms. The van der Waals surface area contributed by atoms with Gasteiger partial charge in [-0.15, -0.1) is 0 Å². The van der Waals surface area contributed by atoms with Crippen molar-refractivity contribution in [1.82, 2.24) is 10.7 Å². The van der Waals surface area contributed by atoms with Crippen LogP contribution in [0, 0.1) is 0 Å². The maximum atomic E-state index is 4.67. The van der Waals surface area contributed by atoms with Gasteiger partial charge in [0.2, 0.25) is 0 Å². The summed E-state index contributed by atoms with van der Waals surface area (Å²) >= 11 is 4.67. The molecule has 1 aliphatic heterocycles. The van der Waals surface area contributed by atoms with Crippen LogP contribution in [-0.2, 0) is 0 Å². The Morgan fingerprint density at radius 2 is 2.71 bits per heavy atom. The van der Waals surface area contributed by atoms with Crippen LogP contribution < -0.4 is 10.7 Å². The summed E-state index contributed by atoms with van der Waals surface area (Å²) in [7, 11) is 0. The van der Waals surface area contributed by atoms with Crippen molar-refractivity contribution in [3.8, 4) is 0 Å². The second-order valence-electron chi connectivity index (χ2n) is 1.13. The summed E-state index contributed by atoms with van der Waals surface area (Å²) in [5.41, 5.74) is 2.57. The molecule has 0 unspecified atom stereocenters. The van der Waals surface area contributed by atoms with Crippen molar-refractivity contribution in [2.75, 3.05) is 6.54 Å². The van der Waals surface area contributed by atoms with Crippen LogP contribution in [0.3, 0.4) is 0 Å². The van der Waals surface area contributed by atoms with Crippen LogP contribution in [0.25, 0.3) is 0 Å². The zero-order valence-corrected chi connectivity index (χ0v) is 4.46. The van der Waals surface area contributed by atoms with Gasteiger partial charge in [-0.2, -0.15) is 5.10 Å². The molecule has 0 radical (unpaired) electrons. The topological polar surface area (TPSA) is 36.4 Å². The molecular weight excluding hydrogens is 110 g/mol. The molecule has 0 bridgehead atoms. The minimum atomic E-state index is 0.600. The summed E-state index contributed by atoms with van der Waals surface area (Å²) in [4.78, 5) is 0. The van der Waals surface area contributed by atoms with Gasteiger partial charge in [0.1, 0.15) is 0 Å². The highest BCUT2D eigenvalue weighted by Crippen LogP contribution is 1.69. The van der Waals surface area contributed by atoms with Gasteiger partial charge in [-0.3, -0.25) is 5.43 Å². The molecular formula is C3H5N3S. The summed E-state index contributed by atoms with van der Waals surface area (Å²) < 4.78 is 0. The average Bonchev–Trinajstić information content (AvgIpc) is 1.69. The van der Waals surface area contributed by atoms with Crippen LogP contribution >= 0.6 is 12.2 Å². The maximum absolute atomic E-state index is 4.67. The third-order valence-corrected chi connectivity index (χ3v) is 0.847. The fourth-order valence-corrected chi connectivity index (χ4v) is 0.464. The van der Waals surface area contributed by atoms with Crippen molar-refractivity contribution < 1.29 is 0 Å². The van der Waals surface area contributed by atoms with Crippen LogP contribution in [0.15, 0.2) is 5.10 Å². The van der Waals surface area contributed by atoms with E-state index in [1.807, 2.05) is 0 Å². The van der Waals surface area contributed by atoms with Gasteiger partial charge in [0.25, 0.3) is 0 Å². The number of nitrogens with zero attached hydrogens (tertiary/aromatic N) is 1. The predicted octanol–water partition coefficient (Wildman–Crippen LogP) is -0.550. The molecule has 0 aromatic heterocycles. The Morgan fingerprint density at radius 1 is 1.86 bits per heavy atom. The molecule has 0 aliphatic carbocycles. The van der Waals surface area contributed by atoms with E-state index in [4.69, 9.17) is 0 Å². The fraction of sp³-hybridized carbons (Fsp3) is 0.333. The van der Waals surface area contributed by atoms with Crippen LogP contribution in [0.5, 0.6) is 0 Å². The van der Waals surface area contributed by atoms with E-state index < -0.39 is 0 Å². The summed E-state index contributed by atoms with van der Waals surface area (Å²) in [6, 6.07) is 0. The molecule has 38 valence electrons. The normalized spacial score (nSPS) is 18.0. The van der Waals surface area contributed by atoms with Gasteiger partial charge in [0, 0.05) is 6.21 Å². The first kappa shape index (κ1) is 4.52. The van der Waals surface area contributed by atoms with E-state index in [-0.39, 0.29) is 0 Å². The van der Waals surface area contributed by atoms with E-state index in [1.165, 1.54) is 0 Å². The summed E-state index contributed by atoms with van der Waals surface area (Å²) in [5, 5.41) is 7.13. The lowest BCUT2D eigenvalue weighted by molar-refractivity contribution is 0.913. The molecule has 1 aliphatic rings. The molecule has 0 aromatic rings. The zero-order valence-electron chi connectivity index (χ0n) is 3.64. The average molecular weight is 115 g/mol. The third-order valence-electron chi connectivity index (χ3n) is 0.611. The van der Waals surface area contributed by atoms with Gasteiger partial charge in [0.15, 0.2) is 5.11 Å². The van der Waals surface area contributed by atoms with Gasteiger partial charge in [-0.25, -0.2) is 0 Å². The van der Waals surface area contributed by atoms with Crippen LogP contribution in [-0.4, -0.2) is 17.9 Å². The van der Waals surface area contributed by atoms with Crippen molar-refractivity contribution in [1.29, 1.82) is 0 Å². The Bertz CT molecular complexity index is 109. The second-order valence-corrected chi connectivity index (χ2v) is 1.54. The molecule has 1 rings (SSSR count). The van der Waals surface area contributed by atoms with Crippen LogP contribution in [0.4, 0.5) is 0 Å². The Balaban J connectivity index is 2.47.